The van der Waals surface area contributed by atoms with E-state index < -0.39 is 5.91 Å². The van der Waals surface area contributed by atoms with Gasteiger partial charge in [-0.2, -0.15) is 0 Å². The number of primary amides is 1. The van der Waals surface area contributed by atoms with Gasteiger partial charge in [-0.1, -0.05) is 32.4 Å². The van der Waals surface area contributed by atoms with E-state index in [-0.39, 0.29) is 11.3 Å². The SMILES string of the molecule is COc1ccc(Cl)cc1C(=O)Nc1sc2c(c1C(N)=O)CCC(C(C)(C)C)C2. The van der Waals surface area contributed by atoms with E-state index in [2.05, 4.69) is 26.1 Å². The van der Waals surface area contributed by atoms with Gasteiger partial charge in [-0.25, -0.2) is 0 Å². The predicted molar refractivity (Wildman–Crippen MR) is 114 cm³/mol. The minimum Gasteiger partial charge on any atom is -0.496 e. The number of nitrogens with one attached hydrogen (secondary N) is 1. The molecule has 28 heavy (non-hydrogen) atoms. The number of halogens is 1. The molecule has 1 aliphatic rings. The number of nitrogens with two attached hydrogens (primary N) is 1. The first kappa shape index (κ1) is 20.7. The van der Waals surface area contributed by atoms with Crippen molar-refractivity contribution in [3.8, 4) is 5.75 Å². The molecule has 0 saturated carbocycles. The van der Waals surface area contributed by atoms with Crippen molar-refractivity contribution in [2.75, 3.05) is 12.4 Å². The highest BCUT2D eigenvalue weighted by atomic mass is 35.5. The molecule has 7 heteroatoms. The molecular formula is C21H25ClN2O3S. The second-order valence-corrected chi connectivity index (χ2v) is 9.72. The van der Waals surface area contributed by atoms with Crippen molar-refractivity contribution in [2.45, 2.75) is 40.0 Å². The first-order chi connectivity index (χ1) is 13.1. The third kappa shape index (κ3) is 4.03. The standard InChI is InChI=1S/C21H25ClN2O3S/c1-21(2,3)11-5-7-13-16(9-11)28-20(17(13)18(23)25)24-19(26)14-10-12(22)6-8-15(14)27-4/h6,8,10-11H,5,7,9H2,1-4H3,(H2,23,25)(H,24,26). The Morgan fingerprint density at radius 2 is 2.04 bits per heavy atom. The second-order valence-electron chi connectivity index (χ2n) is 8.18. The highest BCUT2D eigenvalue weighted by Gasteiger charge is 2.33. The van der Waals surface area contributed by atoms with E-state index >= 15 is 0 Å². The molecule has 1 heterocycles. The van der Waals surface area contributed by atoms with Crippen LogP contribution in [0.3, 0.4) is 0 Å². The van der Waals surface area contributed by atoms with Crippen molar-refractivity contribution in [3.05, 3.63) is 44.8 Å². The molecule has 2 amide bonds. The summed E-state index contributed by atoms with van der Waals surface area (Å²) in [6.07, 6.45) is 2.69. The zero-order chi connectivity index (χ0) is 20.6. The fourth-order valence-corrected chi connectivity index (χ4v) is 5.20. The van der Waals surface area contributed by atoms with Crippen LogP contribution < -0.4 is 15.8 Å². The zero-order valence-electron chi connectivity index (χ0n) is 16.5. The first-order valence-electron chi connectivity index (χ1n) is 9.21. The minimum atomic E-state index is -0.514. The summed E-state index contributed by atoms with van der Waals surface area (Å²) in [4.78, 5) is 26.2. The number of carbonyl (C=O) groups excluding carboxylic acids is 2. The smallest absolute Gasteiger partial charge is 0.260 e. The van der Waals surface area contributed by atoms with Gasteiger partial charge in [0.1, 0.15) is 10.8 Å². The van der Waals surface area contributed by atoms with E-state index in [0.29, 0.717) is 32.8 Å². The van der Waals surface area contributed by atoms with Gasteiger partial charge in [-0.3, -0.25) is 9.59 Å². The fraction of sp³-hybridized carbons (Fsp3) is 0.429. The van der Waals surface area contributed by atoms with Crippen LogP contribution in [0.15, 0.2) is 18.2 Å². The van der Waals surface area contributed by atoms with Crippen LogP contribution in [0, 0.1) is 11.3 Å². The average Bonchev–Trinajstić information content (AvgIpc) is 2.97. The van der Waals surface area contributed by atoms with Gasteiger partial charge >= 0.3 is 0 Å². The molecule has 0 spiro atoms. The topological polar surface area (TPSA) is 81.4 Å². The van der Waals surface area contributed by atoms with Crippen LogP contribution in [0.2, 0.25) is 5.02 Å². The van der Waals surface area contributed by atoms with E-state index in [0.717, 1.165) is 29.7 Å². The normalized spacial score (nSPS) is 16.4. The summed E-state index contributed by atoms with van der Waals surface area (Å²) < 4.78 is 5.26. The molecule has 3 N–H and O–H groups in total. The van der Waals surface area contributed by atoms with Crippen LogP contribution in [-0.4, -0.2) is 18.9 Å². The number of benzene rings is 1. The third-order valence-corrected chi connectivity index (χ3v) is 6.77. The van der Waals surface area contributed by atoms with E-state index in [1.54, 1.807) is 18.2 Å². The molecule has 0 aliphatic heterocycles. The van der Waals surface area contributed by atoms with Crippen molar-refractivity contribution in [1.82, 2.24) is 0 Å². The summed E-state index contributed by atoms with van der Waals surface area (Å²) in [6.45, 7) is 6.71. The van der Waals surface area contributed by atoms with Gasteiger partial charge in [0.25, 0.3) is 11.8 Å². The van der Waals surface area contributed by atoms with Crippen LogP contribution in [-0.2, 0) is 12.8 Å². The fourth-order valence-electron chi connectivity index (χ4n) is 3.70. The molecule has 1 unspecified atom stereocenters. The van der Waals surface area contributed by atoms with Gasteiger partial charge in [0.05, 0.1) is 18.2 Å². The largest absolute Gasteiger partial charge is 0.496 e. The number of hydrogen-bond acceptors (Lipinski definition) is 4. The van der Waals surface area contributed by atoms with E-state index in [9.17, 15) is 9.59 Å². The molecule has 150 valence electrons. The Balaban J connectivity index is 1.95. The quantitative estimate of drug-likeness (QED) is 0.737. The Hall–Kier alpha value is -2.05. The molecule has 1 aliphatic carbocycles. The maximum Gasteiger partial charge on any atom is 0.260 e. The summed E-state index contributed by atoms with van der Waals surface area (Å²) in [5.41, 5.74) is 7.58. The Labute approximate surface area is 174 Å². The number of fused-ring (bicyclic) bond motifs is 1. The van der Waals surface area contributed by atoms with Crippen LogP contribution in [0.5, 0.6) is 5.75 Å². The van der Waals surface area contributed by atoms with Crippen molar-refractivity contribution in [1.29, 1.82) is 0 Å². The molecule has 0 fully saturated rings. The van der Waals surface area contributed by atoms with E-state index in [1.165, 1.54) is 18.4 Å². The highest BCUT2D eigenvalue weighted by Crippen LogP contribution is 2.44. The van der Waals surface area contributed by atoms with Crippen LogP contribution in [0.4, 0.5) is 5.00 Å². The molecule has 1 atom stereocenters. The van der Waals surface area contributed by atoms with Crippen LogP contribution >= 0.6 is 22.9 Å². The number of rotatable bonds is 4. The van der Waals surface area contributed by atoms with Gasteiger partial charge in [-0.15, -0.1) is 11.3 Å². The number of carbonyl (C=O) groups is 2. The van der Waals surface area contributed by atoms with Crippen LogP contribution in [0.25, 0.3) is 0 Å². The van der Waals surface area contributed by atoms with Gasteiger partial charge < -0.3 is 15.8 Å². The third-order valence-electron chi connectivity index (χ3n) is 5.37. The first-order valence-corrected chi connectivity index (χ1v) is 10.4. The Morgan fingerprint density at radius 3 is 2.64 bits per heavy atom. The summed E-state index contributed by atoms with van der Waals surface area (Å²) in [6, 6.07) is 4.84. The summed E-state index contributed by atoms with van der Waals surface area (Å²) >= 11 is 7.48. The maximum atomic E-state index is 12.9. The molecule has 0 saturated heterocycles. The summed E-state index contributed by atoms with van der Waals surface area (Å²) in [7, 11) is 1.49. The molecule has 0 radical (unpaired) electrons. The molecule has 2 aromatic rings. The monoisotopic (exact) mass is 420 g/mol. The van der Waals surface area contributed by atoms with Gasteiger partial charge in [0, 0.05) is 9.90 Å². The molecule has 1 aromatic heterocycles. The summed E-state index contributed by atoms with van der Waals surface area (Å²) in [5, 5.41) is 3.79. The highest BCUT2D eigenvalue weighted by molar-refractivity contribution is 7.17. The lowest BCUT2D eigenvalue weighted by Crippen LogP contribution is -2.27. The number of thiophene rings is 1. The number of hydrogen-bond donors (Lipinski definition) is 2. The summed E-state index contributed by atoms with van der Waals surface area (Å²) in [5.74, 6) is 0.0421. The minimum absolute atomic E-state index is 0.187. The van der Waals surface area contributed by atoms with Gasteiger partial charge in [0.15, 0.2) is 0 Å². The molecule has 5 nitrogen and oxygen atoms in total. The lowest BCUT2D eigenvalue weighted by Gasteiger charge is -2.33. The Bertz CT molecular complexity index is 930. The number of amides is 2. The van der Waals surface area contributed by atoms with E-state index in [1.807, 2.05) is 0 Å². The Morgan fingerprint density at radius 1 is 1.32 bits per heavy atom. The molecule has 0 bridgehead atoms. The molecule has 1 aromatic carbocycles. The van der Waals surface area contributed by atoms with Crippen molar-refractivity contribution in [2.24, 2.45) is 17.1 Å². The lowest BCUT2D eigenvalue weighted by molar-refractivity contribution is 0.1000. The number of methoxy groups -OCH3 is 1. The lowest BCUT2D eigenvalue weighted by atomic mass is 9.72. The van der Waals surface area contributed by atoms with Gasteiger partial charge in [-0.05, 0) is 54.4 Å². The van der Waals surface area contributed by atoms with Gasteiger partial charge in [0.2, 0.25) is 0 Å². The van der Waals surface area contributed by atoms with Crippen LogP contribution in [0.1, 0.15) is 58.3 Å². The van der Waals surface area contributed by atoms with Crippen molar-refractivity contribution >= 4 is 39.8 Å². The molecule has 3 rings (SSSR count). The van der Waals surface area contributed by atoms with Crippen molar-refractivity contribution in [3.63, 3.8) is 0 Å². The molecular weight excluding hydrogens is 396 g/mol. The zero-order valence-corrected chi connectivity index (χ0v) is 18.1. The number of ether oxygens (including phenoxy) is 1. The number of anilines is 1. The second kappa shape index (κ2) is 7.76. The van der Waals surface area contributed by atoms with Crippen molar-refractivity contribution < 1.29 is 14.3 Å². The maximum absolute atomic E-state index is 12.9. The Kier molecular flexibility index (Phi) is 5.73. The average molecular weight is 421 g/mol. The predicted octanol–water partition coefficient (Wildman–Crippen LogP) is 4.91. The van der Waals surface area contributed by atoms with E-state index in [4.69, 9.17) is 22.1 Å².